The maximum absolute atomic E-state index is 11.9. The molecule has 18 heavy (non-hydrogen) atoms. The minimum absolute atomic E-state index is 0.0397. The summed E-state index contributed by atoms with van der Waals surface area (Å²) in [5.74, 6) is 0.0397. The second kappa shape index (κ2) is 3.68. The molecule has 0 aliphatic carbocycles. The summed E-state index contributed by atoms with van der Waals surface area (Å²) in [5, 5.41) is 1.23. The predicted octanol–water partition coefficient (Wildman–Crippen LogP) is 1.64. The van der Waals surface area contributed by atoms with Crippen LogP contribution in [-0.4, -0.2) is 9.55 Å². The summed E-state index contributed by atoms with van der Waals surface area (Å²) in [4.78, 5) is 27.0. The lowest BCUT2D eigenvalue weighted by Crippen LogP contribution is -2.34. The van der Waals surface area contributed by atoms with Crippen LogP contribution >= 0.6 is 11.6 Å². The number of benzene rings is 1. The molecule has 0 bridgehead atoms. The van der Waals surface area contributed by atoms with Crippen LogP contribution in [0.2, 0.25) is 5.02 Å². The normalized spacial score (nSPS) is 11.2. The summed E-state index contributed by atoms with van der Waals surface area (Å²) in [6.45, 7) is 0. The van der Waals surface area contributed by atoms with Gasteiger partial charge in [0, 0.05) is 17.5 Å². The number of halogens is 1. The first-order valence-electron chi connectivity index (χ1n) is 5.16. The molecule has 1 aromatic rings. The van der Waals surface area contributed by atoms with Crippen molar-refractivity contribution in [3.63, 3.8) is 0 Å². The van der Waals surface area contributed by atoms with E-state index in [2.05, 4.69) is 4.98 Å². The van der Waals surface area contributed by atoms with E-state index in [4.69, 9.17) is 16.0 Å². The van der Waals surface area contributed by atoms with Crippen LogP contribution in [0, 0.1) is 0 Å². The molecule has 6 heteroatoms. The molecule has 5 nitrogen and oxygen atoms in total. The highest BCUT2D eigenvalue weighted by molar-refractivity contribution is 6.31. The third-order valence-electron chi connectivity index (χ3n) is 2.73. The van der Waals surface area contributed by atoms with Crippen LogP contribution in [0.3, 0.4) is 0 Å². The van der Waals surface area contributed by atoms with Gasteiger partial charge in [0.15, 0.2) is 0 Å². The lowest BCUT2D eigenvalue weighted by Gasteiger charge is -2.06. The monoisotopic (exact) mass is 262 g/mol. The summed E-state index contributed by atoms with van der Waals surface area (Å²) in [5.41, 5.74) is -0.292. The highest BCUT2D eigenvalue weighted by Crippen LogP contribution is 2.25. The quantitative estimate of drug-likeness (QED) is 0.578. The van der Waals surface area contributed by atoms with E-state index in [0.29, 0.717) is 16.0 Å². The van der Waals surface area contributed by atoms with Gasteiger partial charge in [0.25, 0.3) is 5.56 Å². The van der Waals surface area contributed by atoms with Crippen LogP contribution < -0.4 is 11.2 Å². The van der Waals surface area contributed by atoms with Gasteiger partial charge in [-0.05, 0) is 24.3 Å². The molecule has 2 aliphatic heterocycles. The lowest BCUT2D eigenvalue weighted by molar-refractivity contribution is 0.582. The molecule has 0 aromatic heterocycles. The average Bonchev–Trinajstić information content (AvgIpc) is 2.35. The summed E-state index contributed by atoms with van der Waals surface area (Å²) >= 11 is 5.88. The van der Waals surface area contributed by atoms with Crippen molar-refractivity contribution in [2.75, 3.05) is 0 Å². The van der Waals surface area contributed by atoms with Gasteiger partial charge in [0.1, 0.15) is 11.1 Å². The van der Waals surface area contributed by atoms with Crippen molar-refractivity contribution in [1.29, 1.82) is 0 Å². The molecule has 2 aliphatic rings. The van der Waals surface area contributed by atoms with Gasteiger partial charge in [0.05, 0.1) is 0 Å². The van der Waals surface area contributed by atoms with Crippen LogP contribution in [0.25, 0.3) is 22.4 Å². The van der Waals surface area contributed by atoms with Gasteiger partial charge < -0.3 is 4.42 Å². The Bertz CT molecular complexity index is 850. The van der Waals surface area contributed by atoms with Crippen LogP contribution in [0.15, 0.2) is 38.3 Å². The van der Waals surface area contributed by atoms with Crippen molar-refractivity contribution < 1.29 is 4.42 Å². The zero-order chi connectivity index (χ0) is 12.9. The number of nitrogens with zero attached hydrogens (tertiary/aromatic N) is 2. The summed E-state index contributed by atoms with van der Waals surface area (Å²) in [6, 6.07) is 6.64. The van der Waals surface area contributed by atoms with Gasteiger partial charge in [-0.3, -0.25) is 9.36 Å². The average molecular weight is 263 g/mol. The smallest absolute Gasteiger partial charge is 0.353 e. The first-order chi connectivity index (χ1) is 8.56. The molecular formula is C12H7ClN2O3. The Morgan fingerprint density at radius 1 is 1.28 bits per heavy atom. The number of aromatic nitrogens is 2. The van der Waals surface area contributed by atoms with Crippen molar-refractivity contribution in [2.24, 2.45) is 7.05 Å². The highest BCUT2D eigenvalue weighted by atomic mass is 35.5. The Morgan fingerprint density at radius 2 is 2.06 bits per heavy atom. The Labute approximate surface area is 106 Å². The second-order valence-corrected chi connectivity index (χ2v) is 4.34. The van der Waals surface area contributed by atoms with Crippen molar-refractivity contribution in [3.8, 4) is 11.5 Å². The van der Waals surface area contributed by atoms with E-state index in [1.807, 2.05) is 0 Å². The lowest BCUT2D eigenvalue weighted by atomic mass is 10.1. The van der Waals surface area contributed by atoms with Gasteiger partial charge in [-0.1, -0.05) is 11.6 Å². The molecule has 90 valence electrons. The predicted molar refractivity (Wildman–Crippen MR) is 67.2 cm³/mol. The fraction of sp³-hybridized carbons (Fsp3) is 0.0833. The molecule has 0 unspecified atom stereocenters. The first kappa shape index (κ1) is 11.0. The molecule has 0 saturated heterocycles. The van der Waals surface area contributed by atoms with Gasteiger partial charge in [-0.25, -0.2) is 4.79 Å². The number of fused-ring (bicyclic) bond motifs is 2. The zero-order valence-electron chi connectivity index (χ0n) is 9.31. The van der Waals surface area contributed by atoms with E-state index in [-0.39, 0.29) is 11.5 Å². The molecule has 0 fully saturated rings. The minimum Gasteiger partial charge on any atom is -0.437 e. The molecule has 0 spiro atoms. The van der Waals surface area contributed by atoms with Crippen molar-refractivity contribution >= 4 is 22.6 Å². The standard InChI is InChI=1S/C12H7ClN2O3/c1-15-11(16)8-5-6-4-7(13)2-3-9(6)18-10(8)14-12(15)17/h2-5H,1H3. The SMILES string of the molecule is Cn1c(=O)nc2oc3ccc(Cl)cc3cc-2c1=O. The molecule has 0 saturated carbocycles. The zero-order valence-corrected chi connectivity index (χ0v) is 10.1. The van der Waals surface area contributed by atoms with E-state index in [0.717, 1.165) is 4.57 Å². The van der Waals surface area contributed by atoms with Crippen LogP contribution in [0.1, 0.15) is 0 Å². The molecule has 0 amide bonds. The van der Waals surface area contributed by atoms with Gasteiger partial charge >= 0.3 is 5.69 Å². The first-order valence-corrected chi connectivity index (χ1v) is 5.54. The summed E-state index contributed by atoms with van der Waals surface area (Å²) < 4.78 is 6.37. The molecule has 0 atom stereocenters. The van der Waals surface area contributed by atoms with E-state index >= 15 is 0 Å². The Kier molecular flexibility index (Phi) is 2.24. The molecular weight excluding hydrogens is 256 g/mol. The maximum Gasteiger partial charge on any atom is 0.353 e. The van der Waals surface area contributed by atoms with E-state index < -0.39 is 11.2 Å². The largest absolute Gasteiger partial charge is 0.437 e. The van der Waals surface area contributed by atoms with Gasteiger partial charge in [0.2, 0.25) is 5.89 Å². The topological polar surface area (TPSA) is 65.1 Å². The Morgan fingerprint density at radius 3 is 2.83 bits per heavy atom. The molecule has 1 aromatic carbocycles. The number of hydrogen-bond donors (Lipinski definition) is 0. The third kappa shape index (κ3) is 1.52. The van der Waals surface area contributed by atoms with E-state index in [9.17, 15) is 9.59 Å². The summed E-state index contributed by atoms with van der Waals surface area (Å²) in [6.07, 6.45) is 0. The Balaban J connectivity index is 2.54. The third-order valence-corrected chi connectivity index (χ3v) is 2.96. The van der Waals surface area contributed by atoms with Crippen molar-refractivity contribution in [2.45, 2.75) is 0 Å². The molecule has 3 rings (SSSR count). The second-order valence-electron chi connectivity index (χ2n) is 3.91. The molecule has 2 heterocycles. The van der Waals surface area contributed by atoms with Crippen molar-refractivity contribution in [3.05, 3.63) is 50.1 Å². The van der Waals surface area contributed by atoms with E-state index in [1.54, 1.807) is 24.3 Å². The highest BCUT2D eigenvalue weighted by Gasteiger charge is 2.15. The van der Waals surface area contributed by atoms with Gasteiger partial charge in [-0.2, -0.15) is 4.98 Å². The van der Waals surface area contributed by atoms with Gasteiger partial charge in [-0.15, -0.1) is 0 Å². The van der Waals surface area contributed by atoms with Crippen molar-refractivity contribution in [1.82, 2.24) is 9.55 Å². The Hall–Kier alpha value is -2.14. The fourth-order valence-electron chi connectivity index (χ4n) is 1.77. The van der Waals surface area contributed by atoms with Crippen LogP contribution in [0.4, 0.5) is 0 Å². The molecule has 0 N–H and O–H groups in total. The number of rotatable bonds is 0. The van der Waals surface area contributed by atoms with Crippen LogP contribution in [0.5, 0.6) is 0 Å². The fourth-order valence-corrected chi connectivity index (χ4v) is 1.95. The van der Waals surface area contributed by atoms with Crippen LogP contribution in [-0.2, 0) is 7.05 Å². The minimum atomic E-state index is -0.635. The summed E-state index contributed by atoms with van der Waals surface area (Å²) in [7, 11) is 1.37. The number of hydrogen-bond acceptors (Lipinski definition) is 4. The maximum atomic E-state index is 11.9. The molecule has 0 radical (unpaired) electrons. The van der Waals surface area contributed by atoms with E-state index in [1.165, 1.54) is 7.05 Å².